The lowest BCUT2D eigenvalue weighted by atomic mass is 10.0. The molecule has 2 aromatic rings. The van der Waals surface area contributed by atoms with Crippen LogP contribution in [-0.4, -0.2) is 55.1 Å². The number of benzene rings is 1. The first-order chi connectivity index (χ1) is 15.8. The Bertz CT molecular complexity index is 916. The molecule has 0 bridgehead atoms. The van der Waals surface area contributed by atoms with Crippen LogP contribution in [0.1, 0.15) is 42.0 Å². The molecule has 0 unspecified atom stereocenters. The van der Waals surface area contributed by atoms with Crippen LogP contribution >= 0.6 is 11.3 Å². The fourth-order valence-electron chi connectivity index (χ4n) is 3.03. The number of ether oxygens (including phenoxy) is 3. The number of aromatic nitrogens is 1. The lowest BCUT2D eigenvalue weighted by Crippen LogP contribution is -2.26. The maximum absolute atomic E-state index is 11.9. The molecule has 0 saturated carbocycles. The number of carbonyl (C=O) groups excluding carboxylic acids is 1. The molecular weight excluding hydrogens is 446 g/mol. The Kier molecular flexibility index (Phi) is 10.9. The molecule has 182 valence electrons. The summed E-state index contributed by atoms with van der Waals surface area (Å²) in [5.41, 5.74) is 2.62. The molecule has 0 aliphatic rings. The summed E-state index contributed by atoms with van der Waals surface area (Å²) in [6, 6.07) is 5.49. The summed E-state index contributed by atoms with van der Waals surface area (Å²) in [6.45, 7) is 7.56. The Hall–Kier alpha value is -2.85. The summed E-state index contributed by atoms with van der Waals surface area (Å²) in [5.74, 6) is -0.224. The van der Waals surface area contributed by atoms with Crippen LogP contribution in [0.2, 0.25) is 0 Å². The van der Waals surface area contributed by atoms with Gasteiger partial charge in [-0.3, -0.25) is 4.79 Å². The van der Waals surface area contributed by atoms with Gasteiger partial charge in [0, 0.05) is 37.9 Å². The fraction of sp³-hybridized carbons (Fsp3) is 0.522. The van der Waals surface area contributed by atoms with Crippen molar-refractivity contribution in [3.63, 3.8) is 0 Å². The number of alkyl carbamates (subject to hydrolysis) is 1. The molecule has 1 aromatic carbocycles. The van der Waals surface area contributed by atoms with Gasteiger partial charge >= 0.3 is 12.1 Å². The number of anilines is 1. The van der Waals surface area contributed by atoms with E-state index in [0.717, 1.165) is 26.8 Å². The van der Waals surface area contributed by atoms with Gasteiger partial charge in [0.2, 0.25) is 0 Å². The number of hydrogen-bond donors (Lipinski definition) is 3. The van der Waals surface area contributed by atoms with Gasteiger partial charge in [0.25, 0.3) is 0 Å². The van der Waals surface area contributed by atoms with E-state index in [0.29, 0.717) is 38.3 Å². The van der Waals surface area contributed by atoms with Gasteiger partial charge in [-0.05, 0) is 50.5 Å². The minimum atomic E-state index is -0.872. The summed E-state index contributed by atoms with van der Waals surface area (Å²) in [6.07, 6.45) is 0.282. The Morgan fingerprint density at radius 3 is 2.67 bits per heavy atom. The first-order valence-corrected chi connectivity index (χ1v) is 11.7. The topological polar surface area (TPSA) is 119 Å². The molecule has 33 heavy (non-hydrogen) atoms. The van der Waals surface area contributed by atoms with Gasteiger partial charge in [-0.25, -0.2) is 9.78 Å². The van der Waals surface area contributed by atoms with Gasteiger partial charge in [0.15, 0.2) is 5.13 Å². The van der Waals surface area contributed by atoms with Crippen LogP contribution in [0, 0.1) is 6.92 Å². The molecule has 0 saturated heterocycles. The molecule has 1 amide bonds. The van der Waals surface area contributed by atoms with Crippen molar-refractivity contribution in [2.45, 2.75) is 52.7 Å². The minimum absolute atomic E-state index is 0.00744. The van der Waals surface area contributed by atoms with Crippen LogP contribution in [0.3, 0.4) is 0 Å². The van der Waals surface area contributed by atoms with Crippen LogP contribution in [0.4, 0.5) is 9.93 Å². The number of amides is 1. The highest BCUT2D eigenvalue weighted by Crippen LogP contribution is 2.23. The zero-order chi connectivity index (χ0) is 24.2. The maximum atomic E-state index is 11.9. The monoisotopic (exact) mass is 479 g/mol. The highest BCUT2D eigenvalue weighted by Gasteiger charge is 2.12. The third kappa shape index (κ3) is 9.67. The number of hydrogen-bond acceptors (Lipinski definition) is 8. The van der Waals surface area contributed by atoms with Crippen LogP contribution in [0.15, 0.2) is 18.2 Å². The van der Waals surface area contributed by atoms with E-state index >= 15 is 0 Å². The Morgan fingerprint density at radius 1 is 1.18 bits per heavy atom. The predicted molar refractivity (Wildman–Crippen MR) is 127 cm³/mol. The number of aliphatic carboxylic acids is 1. The van der Waals surface area contributed by atoms with E-state index in [2.05, 4.69) is 15.6 Å². The summed E-state index contributed by atoms with van der Waals surface area (Å²) in [7, 11) is 1.66. The van der Waals surface area contributed by atoms with Crippen molar-refractivity contribution < 1.29 is 28.9 Å². The molecule has 0 fully saturated rings. The molecule has 0 aliphatic carbocycles. The first kappa shape index (κ1) is 26.4. The molecule has 0 radical (unpaired) electrons. The van der Waals surface area contributed by atoms with E-state index in [9.17, 15) is 9.59 Å². The number of methoxy groups -OCH3 is 1. The number of carbonyl (C=O) groups is 2. The fourth-order valence-corrected chi connectivity index (χ4v) is 3.91. The van der Waals surface area contributed by atoms with E-state index in [-0.39, 0.29) is 19.1 Å². The molecule has 1 heterocycles. The predicted octanol–water partition coefficient (Wildman–Crippen LogP) is 3.78. The Morgan fingerprint density at radius 2 is 1.97 bits per heavy atom. The standard InChI is InChI=1S/C23H33N3O6S/c1-15(2)32-23(29)25-14-18-13-19(7-5-17(18)6-8-21(27)28)31-11-9-20-16(3)33-22(26-20)24-10-12-30-4/h5,7,13,15H,6,8-12,14H2,1-4H3,(H,24,26)(H,25,29)(H,27,28). The summed E-state index contributed by atoms with van der Waals surface area (Å²) in [5, 5.41) is 15.8. The number of aryl methyl sites for hydroxylation is 2. The highest BCUT2D eigenvalue weighted by atomic mass is 32.1. The third-order valence-electron chi connectivity index (χ3n) is 4.63. The van der Waals surface area contributed by atoms with Gasteiger partial charge in [0.05, 0.1) is 25.0 Å². The van der Waals surface area contributed by atoms with Crippen LogP contribution in [0.25, 0.3) is 0 Å². The second kappa shape index (κ2) is 13.6. The second-order valence-electron chi connectivity index (χ2n) is 7.67. The van der Waals surface area contributed by atoms with Crippen LogP contribution < -0.4 is 15.4 Å². The summed E-state index contributed by atoms with van der Waals surface area (Å²) >= 11 is 1.60. The lowest BCUT2D eigenvalue weighted by Gasteiger charge is -2.14. The van der Waals surface area contributed by atoms with Crippen molar-refractivity contribution >= 4 is 28.5 Å². The molecule has 3 N–H and O–H groups in total. The number of nitrogens with zero attached hydrogens (tertiary/aromatic N) is 1. The van der Waals surface area contributed by atoms with E-state index in [1.165, 1.54) is 0 Å². The molecule has 9 nitrogen and oxygen atoms in total. The van der Waals surface area contributed by atoms with Crippen molar-refractivity contribution in [1.29, 1.82) is 0 Å². The van der Waals surface area contributed by atoms with Crippen molar-refractivity contribution in [2.24, 2.45) is 0 Å². The molecule has 0 atom stereocenters. The van der Waals surface area contributed by atoms with Crippen molar-refractivity contribution in [3.05, 3.63) is 39.9 Å². The maximum Gasteiger partial charge on any atom is 0.407 e. The van der Waals surface area contributed by atoms with E-state index in [1.54, 1.807) is 32.3 Å². The van der Waals surface area contributed by atoms with Crippen molar-refractivity contribution in [3.8, 4) is 5.75 Å². The lowest BCUT2D eigenvalue weighted by molar-refractivity contribution is -0.136. The zero-order valence-corrected chi connectivity index (χ0v) is 20.4. The van der Waals surface area contributed by atoms with Crippen LogP contribution in [-0.2, 0) is 33.7 Å². The first-order valence-electron chi connectivity index (χ1n) is 10.9. The zero-order valence-electron chi connectivity index (χ0n) is 19.6. The van der Waals surface area contributed by atoms with Gasteiger partial charge in [-0.1, -0.05) is 6.07 Å². The smallest absolute Gasteiger partial charge is 0.407 e. The largest absolute Gasteiger partial charge is 0.493 e. The number of thiazole rings is 1. The van der Waals surface area contributed by atoms with E-state index in [4.69, 9.17) is 19.3 Å². The van der Waals surface area contributed by atoms with Gasteiger partial charge in [0.1, 0.15) is 5.75 Å². The van der Waals surface area contributed by atoms with Gasteiger partial charge in [-0.2, -0.15) is 0 Å². The van der Waals surface area contributed by atoms with Gasteiger partial charge < -0.3 is 30.0 Å². The average Bonchev–Trinajstić information content (AvgIpc) is 3.10. The van der Waals surface area contributed by atoms with Crippen LogP contribution in [0.5, 0.6) is 5.75 Å². The Labute approximate surface area is 198 Å². The van der Waals surface area contributed by atoms with E-state index < -0.39 is 12.1 Å². The average molecular weight is 480 g/mol. The van der Waals surface area contributed by atoms with Crippen molar-refractivity contribution in [2.75, 3.05) is 32.2 Å². The third-order valence-corrected chi connectivity index (χ3v) is 5.61. The number of carboxylic acids is 1. The quantitative estimate of drug-likeness (QED) is 0.350. The highest BCUT2D eigenvalue weighted by molar-refractivity contribution is 7.15. The normalized spacial score (nSPS) is 10.8. The molecule has 2 rings (SSSR count). The van der Waals surface area contributed by atoms with Crippen molar-refractivity contribution in [1.82, 2.24) is 10.3 Å². The Balaban J connectivity index is 1.98. The molecule has 10 heteroatoms. The van der Waals surface area contributed by atoms with E-state index in [1.807, 2.05) is 25.1 Å². The minimum Gasteiger partial charge on any atom is -0.493 e. The number of nitrogens with one attached hydrogen (secondary N) is 2. The number of rotatable bonds is 14. The van der Waals surface area contributed by atoms with Gasteiger partial charge in [-0.15, -0.1) is 11.3 Å². The second-order valence-corrected chi connectivity index (χ2v) is 8.88. The summed E-state index contributed by atoms with van der Waals surface area (Å²) < 4.78 is 16.1. The SMILES string of the molecule is COCCNc1nc(CCOc2ccc(CCC(=O)O)c(CNC(=O)OC(C)C)c2)c(C)s1. The molecule has 0 spiro atoms. The molecular formula is C23H33N3O6S. The number of carboxylic acid groups (broad SMARTS) is 1. The summed E-state index contributed by atoms with van der Waals surface area (Å²) in [4.78, 5) is 28.6. The molecule has 1 aromatic heterocycles. The molecule has 0 aliphatic heterocycles.